The second-order valence-electron chi connectivity index (χ2n) is 13.3. The van der Waals surface area contributed by atoms with Crippen LogP contribution in [0.2, 0.25) is 0 Å². The lowest BCUT2D eigenvalue weighted by Crippen LogP contribution is -2.14. The molecule has 1 aliphatic rings. The summed E-state index contributed by atoms with van der Waals surface area (Å²) in [5, 5.41) is 44.8. The van der Waals surface area contributed by atoms with E-state index in [9.17, 15) is 20.4 Å². The van der Waals surface area contributed by atoms with Gasteiger partial charge in [-0.05, 0) is 76.2 Å². The topological polar surface area (TPSA) is 155 Å². The van der Waals surface area contributed by atoms with Crippen molar-refractivity contribution in [2.75, 3.05) is 79.3 Å². The molecule has 0 saturated carbocycles. The van der Waals surface area contributed by atoms with Crippen LogP contribution in [-0.2, 0) is 44.6 Å². The fourth-order valence-electron chi connectivity index (χ4n) is 6.94. The van der Waals surface area contributed by atoms with Crippen molar-refractivity contribution in [3.8, 4) is 46.0 Å². The molecule has 12 heteroatoms. The van der Waals surface area contributed by atoms with Gasteiger partial charge in [-0.15, -0.1) is 0 Å². The summed E-state index contributed by atoms with van der Waals surface area (Å²) in [7, 11) is 0. The molecule has 0 unspecified atom stereocenters. The summed E-state index contributed by atoms with van der Waals surface area (Å²) < 4.78 is 48.3. The summed E-state index contributed by atoms with van der Waals surface area (Å²) >= 11 is 0. The van der Waals surface area contributed by atoms with Gasteiger partial charge in [-0.3, -0.25) is 0 Å². The fourth-order valence-corrected chi connectivity index (χ4v) is 6.94. The molecule has 0 atom stereocenters. The summed E-state index contributed by atoms with van der Waals surface area (Å²) in [6, 6.07) is 13.2. The third kappa shape index (κ3) is 11.6. The summed E-state index contributed by atoms with van der Waals surface area (Å²) in [4.78, 5) is 0. The van der Waals surface area contributed by atoms with Gasteiger partial charge in [0, 0.05) is 96.6 Å². The predicted molar refractivity (Wildman–Crippen MR) is 212 cm³/mol. The molecule has 4 N–H and O–H groups in total. The van der Waals surface area contributed by atoms with Crippen LogP contribution in [-0.4, -0.2) is 99.7 Å². The zero-order chi connectivity index (χ0) is 39.9. The van der Waals surface area contributed by atoms with E-state index in [1.807, 2.05) is 27.7 Å². The lowest BCUT2D eigenvalue weighted by atomic mass is 9.90. The number of hydrogen-bond donors (Lipinski definition) is 4. The third-order valence-electron chi connectivity index (χ3n) is 9.15. The number of phenols is 4. The summed E-state index contributed by atoms with van der Waals surface area (Å²) in [6.07, 6.45) is 0.844. The van der Waals surface area contributed by atoms with Crippen LogP contribution in [0.4, 0.5) is 0 Å². The number of fused-ring (bicyclic) bond motifs is 8. The van der Waals surface area contributed by atoms with E-state index in [4.69, 9.17) is 37.9 Å². The van der Waals surface area contributed by atoms with E-state index in [-0.39, 0.29) is 75.1 Å². The number of hydrogen-bond acceptors (Lipinski definition) is 12. The van der Waals surface area contributed by atoms with Gasteiger partial charge in [-0.25, -0.2) is 0 Å². The molecule has 0 radical (unpaired) electrons. The molecule has 0 spiro atoms. The fraction of sp³-hybridized carbons (Fsp3) is 0.455. The van der Waals surface area contributed by atoms with Gasteiger partial charge < -0.3 is 58.3 Å². The van der Waals surface area contributed by atoms with Crippen molar-refractivity contribution in [2.45, 2.75) is 53.4 Å². The second-order valence-corrected chi connectivity index (χ2v) is 13.3. The van der Waals surface area contributed by atoms with Gasteiger partial charge in [0.15, 0.2) is 0 Å². The molecule has 0 heterocycles. The van der Waals surface area contributed by atoms with Gasteiger partial charge >= 0.3 is 0 Å². The van der Waals surface area contributed by atoms with Crippen LogP contribution in [0.3, 0.4) is 0 Å². The smallest absolute Gasteiger partial charge is 0.126 e. The van der Waals surface area contributed by atoms with Crippen LogP contribution in [0.5, 0.6) is 46.0 Å². The van der Waals surface area contributed by atoms with Crippen LogP contribution < -0.4 is 18.9 Å². The zero-order valence-electron chi connectivity index (χ0n) is 33.0. The molecule has 56 heavy (non-hydrogen) atoms. The summed E-state index contributed by atoms with van der Waals surface area (Å²) in [5.74, 6) is 2.21. The minimum absolute atomic E-state index is 0.0194. The molecule has 0 aromatic heterocycles. The quantitative estimate of drug-likeness (QED) is 0.0612. The first kappa shape index (κ1) is 42.3. The Kier molecular flexibility index (Phi) is 16.2. The van der Waals surface area contributed by atoms with E-state index in [1.165, 1.54) is 0 Å². The predicted octanol–water partition coefficient (Wildman–Crippen LogP) is 6.85. The van der Waals surface area contributed by atoms with Crippen molar-refractivity contribution in [1.82, 2.24) is 0 Å². The van der Waals surface area contributed by atoms with Crippen LogP contribution in [0.25, 0.3) is 0 Å². The van der Waals surface area contributed by atoms with Crippen LogP contribution in [0, 0.1) is 0 Å². The molecule has 0 amide bonds. The maximum atomic E-state index is 11.2. The normalized spacial score (nSPS) is 12.4. The highest BCUT2D eigenvalue weighted by molar-refractivity contribution is 5.60. The maximum absolute atomic E-state index is 11.2. The van der Waals surface area contributed by atoms with Gasteiger partial charge in [0.05, 0.1) is 26.4 Å². The SMILES string of the molecule is CCOCCOc1c2cc(O)cc1Cc1cc(O)cc(c1OCCOCC)Cc1cc(O)cc(c1OCCOCC)Cc1cc(O)cc(c1OCCOCC)C2. The van der Waals surface area contributed by atoms with Crippen molar-refractivity contribution >= 4 is 0 Å². The monoisotopic (exact) mass is 776 g/mol. The Morgan fingerprint density at radius 2 is 0.500 bits per heavy atom. The van der Waals surface area contributed by atoms with Crippen LogP contribution in [0.15, 0.2) is 48.5 Å². The Labute approximate surface area is 329 Å². The number of ether oxygens (including phenoxy) is 8. The van der Waals surface area contributed by atoms with Gasteiger partial charge in [-0.1, -0.05) is 0 Å². The molecule has 0 saturated heterocycles. The van der Waals surface area contributed by atoms with E-state index in [0.717, 1.165) is 0 Å². The van der Waals surface area contributed by atoms with Gasteiger partial charge in [0.25, 0.3) is 0 Å². The lowest BCUT2D eigenvalue weighted by molar-refractivity contribution is 0.108. The van der Waals surface area contributed by atoms with Crippen LogP contribution in [0.1, 0.15) is 72.2 Å². The zero-order valence-corrected chi connectivity index (χ0v) is 33.0. The van der Waals surface area contributed by atoms with Crippen molar-refractivity contribution < 1.29 is 58.3 Å². The second kappa shape index (κ2) is 21.4. The minimum Gasteiger partial charge on any atom is -0.508 e. The van der Waals surface area contributed by atoms with Crippen molar-refractivity contribution in [1.29, 1.82) is 0 Å². The highest BCUT2D eigenvalue weighted by Gasteiger charge is 2.24. The summed E-state index contributed by atoms with van der Waals surface area (Å²) in [6.45, 7) is 12.1. The molecule has 5 rings (SSSR count). The lowest BCUT2D eigenvalue weighted by Gasteiger charge is -2.23. The van der Waals surface area contributed by atoms with E-state index in [0.29, 0.717) is 120 Å². The first-order valence-corrected chi connectivity index (χ1v) is 19.5. The Morgan fingerprint density at radius 1 is 0.321 bits per heavy atom. The van der Waals surface area contributed by atoms with Crippen molar-refractivity contribution in [3.05, 3.63) is 93.0 Å². The van der Waals surface area contributed by atoms with E-state index >= 15 is 0 Å². The van der Waals surface area contributed by atoms with Crippen LogP contribution >= 0.6 is 0 Å². The Hall–Kier alpha value is -4.88. The minimum atomic E-state index is 0.0194. The Bertz CT molecular complexity index is 1510. The molecule has 1 aliphatic carbocycles. The average Bonchev–Trinajstić information content (AvgIpc) is 3.15. The van der Waals surface area contributed by atoms with E-state index in [2.05, 4.69) is 0 Å². The largest absolute Gasteiger partial charge is 0.508 e. The highest BCUT2D eigenvalue weighted by Crippen LogP contribution is 2.43. The van der Waals surface area contributed by atoms with E-state index in [1.54, 1.807) is 48.5 Å². The Morgan fingerprint density at radius 3 is 0.661 bits per heavy atom. The number of aromatic hydroxyl groups is 4. The molecule has 304 valence electrons. The van der Waals surface area contributed by atoms with E-state index < -0.39 is 0 Å². The summed E-state index contributed by atoms with van der Waals surface area (Å²) in [5.41, 5.74) is 5.17. The number of benzene rings is 4. The molecule has 4 aromatic carbocycles. The third-order valence-corrected chi connectivity index (χ3v) is 9.15. The first-order chi connectivity index (χ1) is 27.2. The standard InChI is InChI=1S/C44H56O12/c1-5-49-9-13-53-41-29-17-31-23-38(46)25-33(42(31)54-14-10-50-6-2)19-35-27-40(48)28-36(44(35)56-16-12-52-8-4)20-34-26-39(47)24-32(18-30(41)22-37(45)21-29)43(34)55-15-11-51-7-3/h21-28,45-48H,5-20H2,1-4H3. The number of phenolic OH excluding ortho intramolecular Hbond substituents is 4. The Balaban J connectivity index is 1.77. The first-order valence-electron chi connectivity index (χ1n) is 19.5. The highest BCUT2D eigenvalue weighted by atomic mass is 16.5. The molecule has 8 bridgehead atoms. The molecule has 0 aliphatic heterocycles. The van der Waals surface area contributed by atoms with Gasteiger partial charge in [-0.2, -0.15) is 0 Å². The number of rotatable bonds is 20. The molecular formula is C44H56O12. The van der Waals surface area contributed by atoms with Gasteiger partial charge in [0.2, 0.25) is 0 Å². The molecule has 0 fully saturated rings. The van der Waals surface area contributed by atoms with Crippen molar-refractivity contribution in [2.24, 2.45) is 0 Å². The molecular weight excluding hydrogens is 720 g/mol. The molecule has 12 nitrogen and oxygen atoms in total. The maximum Gasteiger partial charge on any atom is 0.126 e. The average molecular weight is 777 g/mol. The molecule has 4 aromatic rings. The van der Waals surface area contributed by atoms with Gasteiger partial charge in [0.1, 0.15) is 72.4 Å². The van der Waals surface area contributed by atoms with Crippen molar-refractivity contribution in [3.63, 3.8) is 0 Å².